The minimum Gasteiger partial charge on any atom is -0.378 e. The van der Waals surface area contributed by atoms with E-state index in [1.165, 1.54) is 6.07 Å². The smallest absolute Gasteiger partial charge is 0.293 e. The van der Waals surface area contributed by atoms with Gasteiger partial charge in [-0.3, -0.25) is 14.8 Å². The maximum atomic E-state index is 10.9. The van der Waals surface area contributed by atoms with Crippen molar-refractivity contribution in [2.75, 3.05) is 11.9 Å². The molecule has 0 unspecified atom stereocenters. The van der Waals surface area contributed by atoms with Crippen LogP contribution < -0.4 is 5.32 Å². The number of hydrogen-bond acceptors (Lipinski definition) is 4. The van der Waals surface area contributed by atoms with Crippen LogP contribution in [0, 0.1) is 10.1 Å². The van der Waals surface area contributed by atoms with Crippen LogP contribution in [0.2, 0.25) is 0 Å². The lowest BCUT2D eigenvalue weighted by Crippen LogP contribution is -2.11. The molecule has 0 fully saturated rings. The third-order valence-corrected chi connectivity index (χ3v) is 2.87. The van der Waals surface area contributed by atoms with Gasteiger partial charge in [0.2, 0.25) is 0 Å². The van der Waals surface area contributed by atoms with E-state index in [9.17, 15) is 10.1 Å². The number of rotatable bonds is 5. The van der Waals surface area contributed by atoms with E-state index in [1.54, 1.807) is 23.0 Å². The highest BCUT2D eigenvalue weighted by atomic mass is 79.9. The monoisotopic (exact) mass is 310 g/mol. The Balaban J connectivity index is 2.02. The number of benzene rings is 1. The zero-order chi connectivity index (χ0) is 13.0. The van der Waals surface area contributed by atoms with Crippen LogP contribution >= 0.6 is 15.9 Å². The van der Waals surface area contributed by atoms with Crippen LogP contribution in [0.3, 0.4) is 0 Å². The molecule has 0 radical (unpaired) electrons. The minimum atomic E-state index is -0.402. The zero-order valence-electron chi connectivity index (χ0n) is 9.41. The van der Waals surface area contributed by atoms with Gasteiger partial charge in [-0.05, 0) is 18.2 Å². The number of anilines is 1. The summed E-state index contributed by atoms with van der Waals surface area (Å²) in [6, 6.07) is 6.77. The van der Waals surface area contributed by atoms with Gasteiger partial charge in [-0.1, -0.05) is 15.9 Å². The molecule has 1 aromatic heterocycles. The first kappa shape index (κ1) is 12.6. The number of nitrogens with zero attached hydrogens (tertiary/aromatic N) is 3. The van der Waals surface area contributed by atoms with E-state index in [4.69, 9.17) is 0 Å². The molecule has 0 spiro atoms. The van der Waals surface area contributed by atoms with Gasteiger partial charge in [0.1, 0.15) is 5.69 Å². The Morgan fingerprint density at radius 3 is 3.00 bits per heavy atom. The predicted molar refractivity (Wildman–Crippen MR) is 71.5 cm³/mol. The first-order valence-electron chi connectivity index (χ1n) is 5.32. The van der Waals surface area contributed by atoms with Crippen LogP contribution in [0.4, 0.5) is 11.4 Å². The maximum Gasteiger partial charge on any atom is 0.293 e. The van der Waals surface area contributed by atoms with Gasteiger partial charge in [-0.25, -0.2) is 0 Å². The van der Waals surface area contributed by atoms with E-state index in [1.807, 2.05) is 12.3 Å². The van der Waals surface area contributed by atoms with Gasteiger partial charge in [-0.15, -0.1) is 0 Å². The molecule has 0 aliphatic heterocycles. The SMILES string of the molecule is O=[N+]([O-])c1cc(Br)ccc1NCCn1cccn1. The third kappa shape index (κ3) is 3.07. The largest absolute Gasteiger partial charge is 0.378 e. The van der Waals surface area contributed by atoms with Crippen molar-refractivity contribution in [1.82, 2.24) is 9.78 Å². The molecule has 2 rings (SSSR count). The molecular formula is C11H11BrN4O2. The Bertz CT molecular complexity index is 542. The Morgan fingerprint density at radius 2 is 2.33 bits per heavy atom. The molecule has 1 heterocycles. The Morgan fingerprint density at radius 1 is 1.50 bits per heavy atom. The highest BCUT2D eigenvalue weighted by molar-refractivity contribution is 9.10. The van der Waals surface area contributed by atoms with E-state index >= 15 is 0 Å². The van der Waals surface area contributed by atoms with Gasteiger partial charge < -0.3 is 5.32 Å². The molecule has 7 heteroatoms. The van der Waals surface area contributed by atoms with Crippen molar-refractivity contribution in [2.24, 2.45) is 0 Å². The lowest BCUT2D eigenvalue weighted by Gasteiger charge is -2.07. The van der Waals surface area contributed by atoms with Crippen molar-refractivity contribution in [3.05, 3.63) is 51.2 Å². The summed E-state index contributed by atoms with van der Waals surface area (Å²) >= 11 is 3.22. The molecule has 0 atom stereocenters. The molecule has 6 nitrogen and oxygen atoms in total. The van der Waals surface area contributed by atoms with Gasteiger partial charge in [-0.2, -0.15) is 5.10 Å². The van der Waals surface area contributed by atoms with Crippen LogP contribution in [0.15, 0.2) is 41.1 Å². The average molecular weight is 311 g/mol. The number of hydrogen-bond donors (Lipinski definition) is 1. The zero-order valence-corrected chi connectivity index (χ0v) is 11.0. The van der Waals surface area contributed by atoms with Crippen LogP contribution in [-0.4, -0.2) is 21.2 Å². The highest BCUT2D eigenvalue weighted by Crippen LogP contribution is 2.27. The number of aromatic nitrogens is 2. The molecule has 0 bridgehead atoms. The van der Waals surface area contributed by atoms with E-state index in [2.05, 4.69) is 26.3 Å². The summed E-state index contributed by atoms with van der Waals surface area (Å²) in [7, 11) is 0. The molecule has 94 valence electrons. The minimum absolute atomic E-state index is 0.0600. The van der Waals surface area contributed by atoms with Gasteiger partial charge in [0.25, 0.3) is 5.69 Å². The molecular weight excluding hydrogens is 300 g/mol. The molecule has 1 N–H and O–H groups in total. The van der Waals surface area contributed by atoms with E-state index < -0.39 is 4.92 Å². The second kappa shape index (κ2) is 5.63. The number of nitrogens with one attached hydrogen (secondary N) is 1. The number of halogens is 1. The van der Waals surface area contributed by atoms with Gasteiger partial charge in [0.15, 0.2) is 0 Å². The molecule has 0 amide bonds. The second-order valence-corrected chi connectivity index (χ2v) is 4.53. The molecule has 1 aromatic carbocycles. The molecule has 0 saturated heterocycles. The summed E-state index contributed by atoms with van der Waals surface area (Å²) in [5.41, 5.74) is 0.570. The third-order valence-electron chi connectivity index (χ3n) is 2.37. The fraction of sp³-hybridized carbons (Fsp3) is 0.182. The van der Waals surface area contributed by atoms with Crippen molar-refractivity contribution < 1.29 is 4.92 Å². The van der Waals surface area contributed by atoms with Gasteiger partial charge in [0, 0.05) is 29.5 Å². The van der Waals surface area contributed by atoms with Crippen molar-refractivity contribution >= 4 is 27.3 Å². The maximum absolute atomic E-state index is 10.9. The number of nitro groups is 1. The van der Waals surface area contributed by atoms with Crippen LogP contribution in [0.1, 0.15) is 0 Å². The summed E-state index contributed by atoms with van der Waals surface area (Å²) in [6.45, 7) is 1.23. The average Bonchev–Trinajstić information content (AvgIpc) is 2.84. The summed E-state index contributed by atoms with van der Waals surface area (Å²) < 4.78 is 2.45. The van der Waals surface area contributed by atoms with Gasteiger partial charge >= 0.3 is 0 Å². The highest BCUT2D eigenvalue weighted by Gasteiger charge is 2.13. The van der Waals surface area contributed by atoms with Crippen molar-refractivity contribution in [3.63, 3.8) is 0 Å². The quantitative estimate of drug-likeness (QED) is 0.680. The van der Waals surface area contributed by atoms with E-state index in [-0.39, 0.29) is 5.69 Å². The lowest BCUT2D eigenvalue weighted by atomic mass is 10.2. The van der Waals surface area contributed by atoms with Crippen molar-refractivity contribution in [1.29, 1.82) is 0 Å². The summed E-state index contributed by atoms with van der Waals surface area (Å²) in [5.74, 6) is 0. The fourth-order valence-corrected chi connectivity index (χ4v) is 1.89. The van der Waals surface area contributed by atoms with Crippen molar-refractivity contribution in [3.8, 4) is 0 Å². The van der Waals surface area contributed by atoms with Crippen LogP contribution in [0.25, 0.3) is 0 Å². The van der Waals surface area contributed by atoms with Crippen LogP contribution in [0.5, 0.6) is 0 Å². The summed E-state index contributed by atoms with van der Waals surface area (Å²) in [5, 5.41) is 18.0. The first-order valence-corrected chi connectivity index (χ1v) is 6.11. The topological polar surface area (TPSA) is 73.0 Å². The molecule has 18 heavy (non-hydrogen) atoms. The molecule has 2 aromatic rings. The summed E-state index contributed by atoms with van der Waals surface area (Å²) in [6.07, 6.45) is 3.54. The lowest BCUT2D eigenvalue weighted by molar-refractivity contribution is -0.384. The predicted octanol–water partition coefficient (Wildman–Crippen LogP) is 2.67. The Kier molecular flexibility index (Phi) is 3.93. The number of nitro benzene ring substituents is 1. The van der Waals surface area contributed by atoms with Gasteiger partial charge in [0.05, 0.1) is 11.5 Å². The Hall–Kier alpha value is -1.89. The van der Waals surface area contributed by atoms with E-state index in [0.29, 0.717) is 23.2 Å². The first-order chi connectivity index (χ1) is 8.66. The second-order valence-electron chi connectivity index (χ2n) is 3.61. The molecule has 0 aliphatic carbocycles. The Labute approximate surface area is 112 Å². The fourth-order valence-electron chi connectivity index (χ4n) is 1.54. The summed E-state index contributed by atoms with van der Waals surface area (Å²) in [4.78, 5) is 10.5. The molecule has 0 aliphatic rings. The van der Waals surface area contributed by atoms with Crippen molar-refractivity contribution in [2.45, 2.75) is 6.54 Å². The van der Waals surface area contributed by atoms with E-state index in [0.717, 1.165) is 0 Å². The molecule has 0 saturated carbocycles. The standard InChI is InChI=1S/C11H11BrN4O2/c12-9-2-3-10(11(8-9)16(17)18)13-5-7-15-6-1-4-14-15/h1-4,6,8,13H,5,7H2. The van der Waals surface area contributed by atoms with Crippen LogP contribution in [-0.2, 0) is 6.54 Å². The normalized spacial score (nSPS) is 10.3.